The van der Waals surface area contributed by atoms with Crippen LogP contribution < -0.4 is 5.32 Å². The molecule has 3 N–H and O–H groups in total. The Hall–Kier alpha value is -1.70. The number of aromatic amines is 1. The van der Waals surface area contributed by atoms with Gasteiger partial charge < -0.3 is 10.4 Å². The average molecular weight is 353 g/mol. The monoisotopic (exact) mass is 352 g/mol. The Morgan fingerprint density at radius 2 is 2.13 bits per heavy atom. The number of amides is 1. The first-order valence-electron chi connectivity index (χ1n) is 7.32. The summed E-state index contributed by atoms with van der Waals surface area (Å²) < 4.78 is 2.03. The molecule has 0 atom stereocenters. The minimum atomic E-state index is -0.155. The van der Waals surface area contributed by atoms with Crippen LogP contribution in [0, 0.1) is 10.2 Å². The molecule has 1 aromatic carbocycles. The summed E-state index contributed by atoms with van der Waals surface area (Å²) in [7, 11) is 0. The van der Waals surface area contributed by atoms with Crippen LogP contribution in [0.5, 0.6) is 0 Å². The molecule has 0 aliphatic heterocycles. The summed E-state index contributed by atoms with van der Waals surface area (Å²) >= 11 is 11.1. The lowest BCUT2D eigenvalue weighted by atomic mass is 10.1. The topological polar surface area (TPSA) is 82.9 Å². The molecule has 8 heteroatoms. The van der Waals surface area contributed by atoms with Crippen molar-refractivity contribution >= 4 is 29.7 Å². The molecule has 0 unspecified atom stereocenters. The minimum absolute atomic E-state index is 0.0782. The van der Waals surface area contributed by atoms with E-state index in [1.54, 1.807) is 16.7 Å². The van der Waals surface area contributed by atoms with Crippen molar-refractivity contribution in [2.24, 2.45) is 5.41 Å². The van der Waals surface area contributed by atoms with Gasteiger partial charge in [-0.2, -0.15) is 5.10 Å². The van der Waals surface area contributed by atoms with E-state index in [1.165, 1.54) is 0 Å². The van der Waals surface area contributed by atoms with E-state index in [4.69, 9.17) is 23.8 Å². The molecule has 0 radical (unpaired) electrons. The highest BCUT2D eigenvalue weighted by molar-refractivity contribution is 7.71. The lowest BCUT2D eigenvalue weighted by Crippen LogP contribution is -2.34. The fourth-order valence-corrected chi connectivity index (χ4v) is 2.66. The van der Waals surface area contributed by atoms with Crippen LogP contribution in [0.1, 0.15) is 12.8 Å². The smallest absolute Gasteiger partial charge is 0.240 e. The summed E-state index contributed by atoms with van der Waals surface area (Å²) in [5.41, 5.74) is 0.704. The van der Waals surface area contributed by atoms with Crippen molar-refractivity contribution < 1.29 is 9.90 Å². The maximum Gasteiger partial charge on any atom is 0.240 e. The van der Waals surface area contributed by atoms with E-state index in [1.807, 2.05) is 12.1 Å². The predicted molar refractivity (Wildman–Crippen MR) is 89.6 cm³/mol. The van der Waals surface area contributed by atoms with Crippen molar-refractivity contribution in [2.45, 2.75) is 19.4 Å². The first kappa shape index (κ1) is 16.2. The summed E-state index contributed by atoms with van der Waals surface area (Å²) in [4.78, 5) is 12.2. The number of H-pyrrole nitrogens is 1. The zero-order chi connectivity index (χ0) is 16.4. The molecule has 0 spiro atoms. The maximum atomic E-state index is 12.2. The Kier molecular flexibility index (Phi) is 4.52. The Labute approximate surface area is 143 Å². The quantitative estimate of drug-likeness (QED) is 0.696. The Balaban J connectivity index is 1.72. The van der Waals surface area contributed by atoms with Crippen molar-refractivity contribution in [3.05, 3.63) is 34.1 Å². The molecule has 0 saturated heterocycles. The van der Waals surface area contributed by atoms with Crippen molar-refractivity contribution in [1.29, 1.82) is 0 Å². The van der Waals surface area contributed by atoms with E-state index < -0.39 is 0 Å². The van der Waals surface area contributed by atoms with Gasteiger partial charge in [0, 0.05) is 22.5 Å². The number of halogens is 1. The SMILES string of the molecule is O=C(Cn1c(-c2ccc(Cl)cc2)n[nH]c1=S)NCC1(CO)CC1. The Bertz CT molecular complexity index is 765. The lowest BCUT2D eigenvalue weighted by Gasteiger charge is -2.13. The fourth-order valence-electron chi connectivity index (χ4n) is 2.34. The van der Waals surface area contributed by atoms with Gasteiger partial charge in [-0.3, -0.25) is 14.5 Å². The van der Waals surface area contributed by atoms with Gasteiger partial charge >= 0.3 is 0 Å². The fraction of sp³-hybridized carbons (Fsp3) is 0.400. The molecular formula is C15H17ClN4O2S. The van der Waals surface area contributed by atoms with Gasteiger partial charge in [0.25, 0.3) is 0 Å². The average Bonchev–Trinajstić information content (AvgIpc) is 3.26. The molecule has 1 fully saturated rings. The zero-order valence-electron chi connectivity index (χ0n) is 12.4. The van der Waals surface area contributed by atoms with Crippen LogP contribution in [0.2, 0.25) is 5.02 Å². The van der Waals surface area contributed by atoms with Gasteiger partial charge in [0.15, 0.2) is 10.6 Å². The maximum absolute atomic E-state index is 12.2. The van der Waals surface area contributed by atoms with E-state index in [-0.39, 0.29) is 24.5 Å². The zero-order valence-corrected chi connectivity index (χ0v) is 14.0. The number of hydrogen-bond acceptors (Lipinski definition) is 4. The molecular weight excluding hydrogens is 336 g/mol. The first-order valence-corrected chi connectivity index (χ1v) is 8.10. The second kappa shape index (κ2) is 6.43. The molecule has 1 heterocycles. The van der Waals surface area contributed by atoms with Crippen molar-refractivity contribution in [3.8, 4) is 11.4 Å². The lowest BCUT2D eigenvalue weighted by molar-refractivity contribution is -0.122. The molecule has 2 aromatic rings. The molecule has 1 aliphatic rings. The number of nitrogens with one attached hydrogen (secondary N) is 2. The number of aromatic nitrogens is 3. The highest BCUT2D eigenvalue weighted by Crippen LogP contribution is 2.44. The molecule has 1 saturated carbocycles. The predicted octanol–water partition coefficient (Wildman–Crippen LogP) is 2.15. The van der Waals surface area contributed by atoms with Gasteiger partial charge in [0.05, 0.1) is 6.61 Å². The molecule has 1 aromatic heterocycles. The molecule has 1 aliphatic carbocycles. The molecule has 1 amide bonds. The van der Waals surface area contributed by atoms with E-state index in [2.05, 4.69) is 15.5 Å². The number of carbonyl (C=O) groups is 1. The summed E-state index contributed by atoms with van der Waals surface area (Å²) in [5.74, 6) is 0.433. The van der Waals surface area contributed by atoms with Gasteiger partial charge in [-0.25, -0.2) is 0 Å². The Morgan fingerprint density at radius 3 is 2.74 bits per heavy atom. The van der Waals surface area contributed by atoms with Crippen molar-refractivity contribution in [2.75, 3.05) is 13.2 Å². The summed E-state index contributed by atoms with van der Waals surface area (Å²) in [6, 6.07) is 7.17. The number of rotatable bonds is 6. The van der Waals surface area contributed by atoms with Gasteiger partial charge in [-0.05, 0) is 49.3 Å². The number of carbonyl (C=O) groups excluding carboxylic acids is 1. The minimum Gasteiger partial charge on any atom is -0.396 e. The van der Waals surface area contributed by atoms with Crippen LogP contribution in [0.4, 0.5) is 0 Å². The van der Waals surface area contributed by atoms with Crippen LogP contribution in [0.3, 0.4) is 0 Å². The molecule has 0 bridgehead atoms. The number of aliphatic hydroxyl groups excluding tert-OH is 1. The molecule has 122 valence electrons. The number of aliphatic hydroxyl groups is 1. The van der Waals surface area contributed by atoms with Crippen LogP contribution in [0.15, 0.2) is 24.3 Å². The number of benzene rings is 1. The summed E-state index contributed by atoms with van der Waals surface area (Å²) in [6.45, 7) is 0.674. The third-order valence-corrected chi connectivity index (χ3v) is 4.68. The summed E-state index contributed by atoms with van der Waals surface area (Å²) in [5, 5.41) is 19.7. The van der Waals surface area contributed by atoms with E-state index >= 15 is 0 Å². The normalized spacial score (nSPS) is 15.4. The summed E-state index contributed by atoms with van der Waals surface area (Å²) in [6.07, 6.45) is 1.90. The van der Waals surface area contributed by atoms with E-state index in [0.29, 0.717) is 22.2 Å². The van der Waals surface area contributed by atoms with Gasteiger partial charge in [0.1, 0.15) is 6.54 Å². The second-order valence-electron chi connectivity index (χ2n) is 5.88. The highest BCUT2D eigenvalue weighted by atomic mass is 35.5. The van der Waals surface area contributed by atoms with Crippen molar-refractivity contribution in [3.63, 3.8) is 0 Å². The van der Waals surface area contributed by atoms with Gasteiger partial charge in [0.2, 0.25) is 5.91 Å². The highest BCUT2D eigenvalue weighted by Gasteiger charge is 2.42. The number of nitrogens with zero attached hydrogens (tertiary/aromatic N) is 2. The van der Waals surface area contributed by atoms with Crippen LogP contribution in [-0.2, 0) is 11.3 Å². The van der Waals surface area contributed by atoms with Gasteiger partial charge in [-0.1, -0.05) is 11.6 Å². The largest absolute Gasteiger partial charge is 0.396 e. The Morgan fingerprint density at radius 1 is 1.43 bits per heavy atom. The second-order valence-corrected chi connectivity index (χ2v) is 6.70. The van der Waals surface area contributed by atoms with E-state index in [9.17, 15) is 9.90 Å². The van der Waals surface area contributed by atoms with Crippen LogP contribution in [0.25, 0.3) is 11.4 Å². The standard InChI is InChI=1S/C15H17ClN4O2S/c16-11-3-1-10(2-4-11)13-18-19-14(23)20(13)7-12(22)17-8-15(9-21)5-6-15/h1-4,21H,5-9H2,(H,17,22)(H,19,23). The van der Waals surface area contributed by atoms with E-state index in [0.717, 1.165) is 18.4 Å². The van der Waals surface area contributed by atoms with Crippen LogP contribution >= 0.6 is 23.8 Å². The molecule has 3 rings (SSSR count). The third kappa shape index (κ3) is 3.63. The van der Waals surface area contributed by atoms with Crippen LogP contribution in [-0.4, -0.2) is 38.9 Å². The first-order chi connectivity index (χ1) is 11.0. The number of hydrogen-bond donors (Lipinski definition) is 3. The molecule has 6 nitrogen and oxygen atoms in total. The third-order valence-electron chi connectivity index (χ3n) is 4.12. The van der Waals surface area contributed by atoms with Gasteiger partial charge in [-0.15, -0.1) is 0 Å². The molecule has 23 heavy (non-hydrogen) atoms. The van der Waals surface area contributed by atoms with Crippen molar-refractivity contribution in [1.82, 2.24) is 20.1 Å².